The van der Waals surface area contributed by atoms with Crippen molar-refractivity contribution in [1.82, 2.24) is 4.90 Å². The maximum absolute atomic E-state index is 8.75. The molecule has 1 aromatic rings. The zero-order chi connectivity index (χ0) is 14.9. The van der Waals surface area contributed by atoms with Gasteiger partial charge >= 0.3 is 0 Å². The molecule has 0 saturated carbocycles. The van der Waals surface area contributed by atoms with E-state index in [9.17, 15) is 0 Å². The highest BCUT2D eigenvalue weighted by molar-refractivity contribution is 5.43. The van der Waals surface area contributed by atoms with Crippen molar-refractivity contribution in [2.45, 2.75) is 25.4 Å². The third-order valence-electron chi connectivity index (χ3n) is 3.72. The highest BCUT2D eigenvalue weighted by Crippen LogP contribution is 2.16. The van der Waals surface area contributed by atoms with Crippen LogP contribution < -0.4 is 10.5 Å². The molecule has 0 radical (unpaired) electrons. The number of aliphatic hydroxyl groups is 1. The number of rotatable bonds is 8. The normalized spacial score (nSPS) is 17.0. The first-order valence-electron chi connectivity index (χ1n) is 7.71. The number of nitrogens with two attached hydrogens (primary N) is 1. The molecule has 1 fully saturated rings. The van der Waals surface area contributed by atoms with Gasteiger partial charge in [0.05, 0.1) is 25.9 Å². The second kappa shape index (κ2) is 8.87. The average Bonchev–Trinajstić information content (AvgIpc) is 2.51. The van der Waals surface area contributed by atoms with Crippen molar-refractivity contribution < 1.29 is 14.6 Å². The Balaban J connectivity index is 1.56. The molecule has 1 aromatic carbocycles. The lowest BCUT2D eigenvalue weighted by atomic mass is 10.1. The predicted molar refractivity (Wildman–Crippen MR) is 83.5 cm³/mol. The number of piperidine rings is 1. The lowest BCUT2D eigenvalue weighted by Crippen LogP contribution is -2.38. The van der Waals surface area contributed by atoms with Gasteiger partial charge < -0.3 is 25.2 Å². The third-order valence-corrected chi connectivity index (χ3v) is 3.72. The molecule has 21 heavy (non-hydrogen) atoms. The average molecular weight is 294 g/mol. The van der Waals surface area contributed by atoms with Gasteiger partial charge in [-0.1, -0.05) is 6.07 Å². The first-order chi connectivity index (χ1) is 10.3. The van der Waals surface area contributed by atoms with Gasteiger partial charge in [0.25, 0.3) is 0 Å². The highest BCUT2D eigenvalue weighted by atomic mass is 16.5. The summed E-state index contributed by atoms with van der Waals surface area (Å²) in [5, 5.41) is 8.75. The fraction of sp³-hybridized carbons (Fsp3) is 0.625. The molecule has 118 valence electrons. The number of hydrogen-bond donors (Lipinski definition) is 2. The molecule has 1 saturated heterocycles. The molecule has 0 atom stereocenters. The molecule has 0 spiro atoms. The standard InChI is InChI=1S/C16H26N2O3/c17-14-3-1-4-16(13-14)20-11-2-7-18-8-5-15(6-9-18)21-12-10-19/h1,3-4,13,15,19H,2,5-12,17H2. The molecule has 2 rings (SSSR count). The van der Waals surface area contributed by atoms with Gasteiger partial charge in [-0.3, -0.25) is 0 Å². The number of nitrogens with zero attached hydrogens (tertiary/aromatic N) is 1. The molecule has 0 aliphatic carbocycles. The number of anilines is 1. The second-order valence-electron chi connectivity index (χ2n) is 5.41. The van der Waals surface area contributed by atoms with E-state index in [2.05, 4.69) is 4.90 Å². The van der Waals surface area contributed by atoms with Crippen molar-refractivity contribution in [2.75, 3.05) is 45.2 Å². The van der Waals surface area contributed by atoms with Gasteiger partial charge in [-0.15, -0.1) is 0 Å². The monoisotopic (exact) mass is 294 g/mol. The van der Waals surface area contributed by atoms with Gasteiger partial charge in [-0.05, 0) is 31.4 Å². The fourth-order valence-corrected chi connectivity index (χ4v) is 2.60. The van der Waals surface area contributed by atoms with Crippen LogP contribution in [0.5, 0.6) is 5.75 Å². The van der Waals surface area contributed by atoms with Crippen molar-refractivity contribution in [2.24, 2.45) is 0 Å². The zero-order valence-electron chi connectivity index (χ0n) is 12.5. The van der Waals surface area contributed by atoms with Gasteiger partial charge in [-0.2, -0.15) is 0 Å². The number of likely N-dealkylation sites (tertiary alicyclic amines) is 1. The Morgan fingerprint density at radius 2 is 2.05 bits per heavy atom. The summed E-state index contributed by atoms with van der Waals surface area (Å²) in [7, 11) is 0. The minimum atomic E-state index is 0.113. The number of aliphatic hydroxyl groups excluding tert-OH is 1. The number of ether oxygens (including phenoxy) is 2. The maximum atomic E-state index is 8.75. The van der Waals surface area contributed by atoms with E-state index in [0.29, 0.717) is 19.3 Å². The van der Waals surface area contributed by atoms with E-state index in [1.807, 2.05) is 24.3 Å². The molecular formula is C16H26N2O3. The van der Waals surface area contributed by atoms with Gasteiger partial charge in [0.15, 0.2) is 0 Å². The summed E-state index contributed by atoms with van der Waals surface area (Å²) < 4.78 is 11.3. The summed E-state index contributed by atoms with van der Waals surface area (Å²) in [6, 6.07) is 7.54. The first-order valence-corrected chi connectivity index (χ1v) is 7.71. The van der Waals surface area contributed by atoms with Gasteiger partial charge in [0, 0.05) is 31.4 Å². The van der Waals surface area contributed by atoms with E-state index in [-0.39, 0.29) is 6.61 Å². The number of hydrogen-bond acceptors (Lipinski definition) is 5. The van der Waals surface area contributed by atoms with Gasteiger partial charge in [0.2, 0.25) is 0 Å². The largest absolute Gasteiger partial charge is 0.493 e. The summed E-state index contributed by atoms with van der Waals surface area (Å²) in [6.45, 7) is 4.46. The third kappa shape index (κ3) is 5.91. The van der Waals surface area contributed by atoms with Crippen LogP contribution in [-0.4, -0.2) is 55.6 Å². The highest BCUT2D eigenvalue weighted by Gasteiger charge is 2.18. The van der Waals surface area contributed by atoms with Crippen molar-refractivity contribution in [1.29, 1.82) is 0 Å². The van der Waals surface area contributed by atoms with E-state index in [0.717, 1.165) is 50.3 Å². The Labute approximate surface area is 126 Å². The zero-order valence-corrected chi connectivity index (χ0v) is 12.5. The minimum absolute atomic E-state index is 0.113. The van der Waals surface area contributed by atoms with Crippen molar-refractivity contribution in [3.8, 4) is 5.75 Å². The molecule has 5 nitrogen and oxygen atoms in total. The Kier molecular flexibility index (Phi) is 6.79. The SMILES string of the molecule is Nc1cccc(OCCCN2CCC(OCCO)CC2)c1. The molecule has 1 aliphatic rings. The molecule has 0 unspecified atom stereocenters. The molecule has 1 aliphatic heterocycles. The quantitative estimate of drug-likeness (QED) is 0.562. The lowest BCUT2D eigenvalue weighted by Gasteiger charge is -2.31. The van der Waals surface area contributed by atoms with Crippen LogP contribution in [0.2, 0.25) is 0 Å². The molecule has 5 heteroatoms. The Hall–Kier alpha value is -1.30. The van der Waals surface area contributed by atoms with Crippen LogP contribution in [0.4, 0.5) is 5.69 Å². The maximum Gasteiger partial charge on any atom is 0.121 e. The molecule has 0 aromatic heterocycles. The first kappa shape index (κ1) is 16.1. The molecule has 1 heterocycles. The number of nitrogen functional groups attached to an aromatic ring is 1. The lowest BCUT2D eigenvalue weighted by molar-refractivity contribution is -0.00820. The summed E-state index contributed by atoms with van der Waals surface area (Å²) in [5.41, 5.74) is 6.45. The van der Waals surface area contributed by atoms with Crippen LogP contribution in [0.25, 0.3) is 0 Å². The fourth-order valence-electron chi connectivity index (χ4n) is 2.60. The smallest absolute Gasteiger partial charge is 0.121 e. The van der Waals surface area contributed by atoms with E-state index in [1.165, 1.54) is 0 Å². The molecule has 0 bridgehead atoms. The molecular weight excluding hydrogens is 268 g/mol. The number of benzene rings is 1. The Bertz CT molecular complexity index is 406. The van der Waals surface area contributed by atoms with Crippen molar-refractivity contribution >= 4 is 5.69 Å². The van der Waals surface area contributed by atoms with E-state index in [1.54, 1.807) is 0 Å². The van der Waals surface area contributed by atoms with Crippen molar-refractivity contribution in [3.63, 3.8) is 0 Å². The minimum Gasteiger partial charge on any atom is -0.493 e. The van der Waals surface area contributed by atoms with Crippen LogP contribution in [0.3, 0.4) is 0 Å². The molecule has 3 N–H and O–H groups in total. The van der Waals surface area contributed by atoms with E-state index in [4.69, 9.17) is 20.3 Å². The second-order valence-corrected chi connectivity index (χ2v) is 5.41. The Morgan fingerprint density at radius 3 is 2.76 bits per heavy atom. The van der Waals surface area contributed by atoms with E-state index >= 15 is 0 Å². The van der Waals surface area contributed by atoms with Crippen LogP contribution in [0.1, 0.15) is 19.3 Å². The summed E-state index contributed by atoms with van der Waals surface area (Å²) in [5.74, 6) is 0.839. The van der Waals surface area contributed by atoms with Crippen molar-refractivity contribution in [3.05, 3.63) is 24.3 Å². The van der Waals surface area contributed by atoms with Gasteiger partial charge in [-0.25, -0.2) is 0 Å². The van der Waals surface area contributed by atoms with Crippen LogP contribution in [-0.2, 0) is 4.74 Å². The molecule has 0 amide bonds. The van der Waals surface area contributed by atoms with Gasteiger partial charge in [0.1, 0.15) is 5.75 Å². The van der Waals surface area contributed by atoms with Crippen LogP contribution in [0, 0.1) is 0 Å². The van der Waals surface area contributed by atoms with Crippen LogP contribution in [0.15, 0.2) is 24.3 Å². The van der Waals surface area contributed by atoms with Crippen LogP contribution >= 0.6 is 0 Å². The summed E-state index contributed by atoms with van der Waals surface area (Å²) in [6.07, 6.45) is 3.43. The summed E-state index contributed by atoms with van der Waals surface area (Å²) in [4.78, 5) is 2.45. The topological polar surface area (TPSA) is 68.0 Å². The Morgan fingerprint density at radius 1 is 1.24 bits per heavy atom. The van der Waals surface area contributed by atoms with E-state index < -0.39 is 0 Å². The summed E-state index contributed by atoms with van der Waals surface area (Å²) >= 11 is 0. The predicted octanol–water partition coefficient (Wildman–Crippen LogP) is 1.51.